The van der Waals surface area contributed by atoms with Crippen molar-refractivity contribution >= 4 is 65.7 Å². The summed E-state index contributed by atoms with van der Waals surface area (Å²) < 4.78 is 43.4. The maximum atomic E-state index is 13.5. The van der Waals surface area contributed by atoms with E-state index in [4.69, 9.17) is 0 Å². The number of imidazole rings is 1. The first-order chi connectivity index (χ1) is 19.5. The lowest BCUT2D eigenvalue weighted by Gasteiger charge is -2.33. The monoisotopic (exact) mass is 697 g/mol. The summed E-state index contributed by atoms with van der Waals surface area (Å²) in [5.74, 6) is -1.96. The number of aromatic nitrogens is 5. The zero-order valence-corrected chi connectivity index (χ0v) is 24.6. The van der Waals surface area contributed by atoms with Gasteiger partial charge < -0.3 is 9.80 Å². The predicted molar refractivity (Wildman–Crippen MR) is 150 cm³/mol. The normalized spacial score (nSPS) is 18.8. The Hall–Kier alpha value is -3.20. The van der Waals surface area contributed by atoms with Gasteiger partial charge in [0.1, 0.15) is 11.1 Å². The van der Waals surface area contributed by atoms with E-state index < -0.39 is 24.5 Å². The number of likely N-dealkylation sites (tertiary alicyclic amines) is 1. The van der Waals surface area contributed by atoms with Crippen molar-refractivity contribution in [1.29, 1.82) is 0 Å². The van der Waals surface area contributed by atoms with Gasteiger partial charge in [-0.15, -0.1) is 0 Å². The number of halogens is 5. The quantitative estimate of drug-likeness (QED) is 0.327. The largest absolute Gasteiger partial charge is 0.406 e. The van der Waals surface area contributed by atoms with E-state index in [9.17, 15) is 27.6 Å². The number of rotatable bonds is 4. The highest BCUT2D eigenvalue weighted by molar-refractivity contribution is 9.11. The molecule has 2 aliphatic rings. The number of carbonyl (C=O) groups is 2. The van der Waals surface area contributed by atoms with Gasteiger partial charge in [0.25, 0.3) is 0 Å². The average molecular weight is 699 g/mol. The highest BCUT2D eigenvalue weighted by Gasteiger charge is 2.40. The molecule has 10 nitrogen and oxygen atoms in total. The van der Waals surface area contributed by atoms with Crippen LogP contribution in [0.4, 0.5) is 13.2 Å². The Morgan fingerprint density at radius 3 is 2.66 bits per heavy atom. The van der Waals surface area contributed by atoms with E-state index in [1.165, 1.54) is 0 Å². The average Bonchev–Trinajstić information content (AvgIpc) is 3.44. The maximum Gasteiger partial charge on any atom is 0.406 e. The molecular formula is C26H24Br2F3N7O3. The van der Waals surface area contributed by atoms with E-state index in [-0.39, 0.29) is 37.0 Å². The van der Waals surface area contributed by atoms with Crippen LogP contribution in [0.3, 0.4) is 0 Å². The van der Waals surface area contributed by atoms with Crippen molar-refractivity contribution in [2.24, 2.45) is 5.92 Å². The number of pyridine rings is 1. The van der Waals surface area contributed by atoms with E-state index in [0.717, 1.165) is 4.90 Å². The molecule has 15 heteroatoms. The van der Waals surface area contributed by atoms with Crippen LogP contribution in [0.15, 0.2) is 38.3 Å². The number of nitrogens with one attached hydrogen (secondary N) is 2. The SMILES string of the molecule is O=C(C[C@@H]1Cc2cc(Br)c3[nH]nc(Br)c3c2CN(CC(F)(F)F)C1=O)N1CCC(n2c(=O)[nH]c3ncccc32)CC1. The molecule has 1 atom stereocenters. The molecule has 0 saturated carbocycles. The van der Waals surface area contributed by atoms with Gasteiger partial charge in [-0.2, -0.15) is 18.3 Å². The van der Waals surface area contributed by atoms with Crippen molar-refractivity contribution in [2.75, 3.05) is 19.6 Å². The number of benzene rings is 1. The Morgan fingerprint density at radius 2 is 1.93 bits per heavy atom. The van der Waals surface area contributed by atoms with Gasteiger partial charge in [0.05, 0.1) is 17.0 Å². The molecule has 3 aromatic heterocycles. The standard InChI is InChI=1S/C26H24Br2F3N7O3/c27-17-9-13-8-14(24(40)37(12-26(29,30)31)11-16(13)20-21(17)34-35-22(20)28)10-19(39)36-6-3-15(4-7-36)38-18-2-1-5-32-23(18)33-25(38)41/h1-2,5,9,14-15H,3-4,6-8,10-12H2,(H,34,35)(H,32,33,41)/t14-/m0/s1. The van der Waals surface area contributed by atoms with Crippen molar-refractivity contribution < 1.29 is 22.8 Å². The highest BCUT2D eigenvalue weighted by Crippen LogP contribution is 2.38. The van der Waals surface area contributed by atoms with Gasteiger partial charge in [-0.25, -0.2) is 9.78 Å². The maximum absolute atomic E-state index is 13.5. The van der Waals surface area contributed by atoms with Crippen molar-refractivity contribution in [3.05, 3.63) is 55.1 Å². The molecule has 4 aromatic rings. The highest BCUT2D eigenvalue weighted by atomic mass is 79.9. The minimum Gasteiger partial charge on any atom is -0.343 e. The van der Waals surface area contributed by atoms with Crippen molar-refractivity contribution in [3.63, 3.8) is 0 Å². The summed E-state index contributed by atoms with van der Waals surface area (Å²) in [5.41, 5.74) is 2.79. The number of carbonyl (C=O) groups excluding carboxylic acids is 2. The van der Waals surface area contributed by atoms with Crippen LogP contribution >= 0.6 is 31.9 Å². The summed E-state index contributed by atoms with van der Waals surface area (Å²) in [4.78, 5) is 48.8. The van der Waals surface area contributed by atoms with Crippen molar-refractivity contribution in [1.82, 2.24) is 34.5 Å². The van der Waals surface area contributed by atoms with E-state index in [2.05, 4.69) is 52.0 Å². The van der Waals surface area contributed by atoms with Gasteiger partial charge in [0.2, 0.25) is 11.8 Å². The minimum atomic E-state index is -4.60. The molecule has 6 rings (SSSR count). The topological polar surface area (TPSA) is 120 Å². The van der Waals surface area contributed by atoms with E-state index in [0.29, 0.717) is 68.2 Å². The summed E-state index contributed by atoms with van der Waals surface area (Å²) in [6, 6.07) is 5.22. The molecule has 1 fully saturated rings. The Morgan fingerprint density at radius 1 is 1.17 bits per heavy atom. The van der Waals surface area contributed by atoms with Crippen LogP contribution in [0.25, 0.3) is 22.1 Å². The second-order valence-electron chi connectivity index (χ2n) is 10.5. The predicted octanol–water partition coefficient (Wildman–Crippen LogP) is 4.44. The fraction of sp³-hybridized carbons (Fsp3) is 0.423. The van der Waals surface area contributed by atoms with Crippen molar-refractivity contribution in [2.45, 2.75) is 44.4 Å². The van der Waals surface area contributed by atoms with Crippen molar-refractivity contribution in [3.8, 4) is 0 Å². The molecule has 1 aromatic carbocycles. The van der Waals surface area contributed by atoms with Gasteiger partial charge in [0, 0.05) is 48.2 Å². The second kappa shape index (κ2) is 10.6. The van der Waals surface area contributed by atoms with Crippen LogP contribution in [0.5, 0.6) is 0 Å². The summed E-state index contributed by atoms with van der Waals surface area (Å²) in [6.07, 6.45) is -2.05. The van der Waals surface area contributed by atoms with Gasteiger partial charge in [-0.05, 0) is 80.4 Å². The number of hydrogen-bond donors (Lipinski definition) is 2. The van der Waals surface area contributed by atoms with Crippen LogP contribution in [0, 0.1) is 5.92 Å². The zero-order chi connectivity index (χ0) is 29.1. The molecule has 2 N–H and O–H groups in total. The fourth-order valence-corrected chi connectivity index (χ4v) is 7.12. The van der Waals surface area contributed by atoms with E-state index >= 15 is 0 Å². The van der Waals surface area contributed by atoms with E-state index in [1.54, 1.807) is 27.8 Å². The third-order valence-electron chi connectivity index (χ3n) is 7.89. The number of fused-ring (bicyclic) bond motifs is 4. The lowest BCUT2D eigenvalue weighted by Crippen LogP contribution is -2.44. The number of amides is 2. The zero-order valence-electron chi connectivity index (χ0n) is 21.5. The molecule has 1 saturated heterocycles. The molecule has 0 spiro atoms. The number of alkyl halides is 3. The minimum absolute atomic E-state index is 0.120. The summed E-state index contributed by atoms with van der Waals surface area (Å²) in [7, 11) is 0. The Kier molecular flexibility index (Phi) is 7.20. The molecule has 0 bridgehead atoms. The smallest absolute Gasteiger partial charge is 0.343 e. The summed E-state index contributed by atoms with van der Waals surface area (Å²) >= 11 is 6.86. The van der Waals surface area contributed by atoms with Crippen LogP contribution in [0.2, 0.25) is 0 Å². The van der Waals surface area contributed by atoms with E-state index in [1.807, 2.05) is 6.07 Å². The molecule has 2 amide bonds. The van der Waals surface area contributed by atoms with Gasteiger partial charge in [-0.1, -0.05) is 0 Å². The number of aromatic amines is 2. The molecule has 0 aliphatic carbocycles. The molecule has 0 unspecified atom stereocenters. The first kappa shape index (κ1) is 27.9. The molecular weight excluding hydrogens is 675 g/mol. The Labute approximate surface area is 247 Å². The summed E-state index contributed by atoms with van der Waals surface area (Å²) in [5, 5.41) is 7.60. The van der Waals surface area contributed by atoms with Crippen LogP contribution in [-0.2, 0) is 22.6 Å². The van der Waals surface area contributed by atoms with Gasteiger partial charge in [0.15, 0.2) is 5.65 Å². The Bertz CT molecular complexity index is 1720. The summed E-state index contributed by atoms with van der Waals surface area (Å²) in [6.45, 7) is -0.940. The van der Waals surface area contributed by atoms with Crippen LogP contribution in [0.1, 0.15) is 36.4 Å². The number of H-pyrrole nitrogens is 2. The second-order valence-corrected chi connectivity index (χ2v) is 12.1. The fourth-order valence-electron chi connectivity index (χ4n) is 6.03. The Balaban J connectivity index is 1.23. The van der Waals surface area contributed by atoms with Crippen LogP contribution < -0.4 is 5.69 Å². The first-order valence-electron chi connectivity index (χ1n) is 13.0. The molecule has 216 valence electrons. The molecule has 2 aliphatic heterocycles. The lowest BCUT2D eigenvalue weighted by atomic mass is 9.92. The first-order valence-corrected chi connectivity index (χ1v) is 14.6. The van der Waals surface area contributed by atoms with Crippen LogP contribution in [-0.4, -0.2) is 72.2 Å². The molecule has 5 heterocycles. The van der Waals surface area contributed by atoms with Gasteiger partial charge in [-0.3, -0.25) is 24.2 Å². The third kappa shape index (κ3) is 5.29. The number of piperidine rings is 1. The third-order valence-corrected chi connectivity index (χ3v) is 9.09. The molecule has 41 heavy (non-hydrogen) atoms. The number of hydrogen-bond acceptors (Lipinski definition) is 5. The van der Waals surface area contributed by atoms with Gasteiger partial charge >= 0.3 is 11.9 Å². The lowest BCUT2D eigenvalue weighted by molar-refractivity contribution is -0.165. The number of nitrogens with zero attached hydrogens (tertiary/aromatic N) is 5. The molecule has 0 radical (unpaired) electrons.